The highest BCUT2D eigenvalue weighted by Crippen LogP contribution is 2.33. The van der Waals surface area contributed by atoms with Gasteiger partial charge in [-0.15, -0.1) is 11.3 Å². The van der Waals surface area contributed by atoms with Gasteiger partial charge in [0.1, 0.15) is 11.2 Å². The van der Waals surface area contributed by atoms with Gasteiger partial charge < -0.3 is 9.64 Å². The van der Waals surface area contributed by atoms with Gasteiger partial charge in [0.05, 0.1) is 5.39 Å². The summed E-state index contributed by atoms with van der Waals surface area (Å²) in [4.78, 5) is 24.9. The lowest BCUT2D eigenvalue weighted by molar-refractivity contribution is -0.133. The SMILES string of the molecule is CCN(Cc1ccccc1)C(=O)COc1ncnc2sc(C)c(C)c12. The Morgan fingerprint density at radius 2 is 1.96 bits per heavy atom. The topological polar surface area (TPSA) is 55.3 Å². The van der Waals surface area contributed by atoms with E-state index in [9.17, 15) is 4.79 Å². The van der Waals surface area contributed by atoms with Crippen LogP contribution in [0.5, 0.6) is 5.88 Å². The van der Waals surface area contributed by atoms with E-state index in [1.165, 1.54) is 11.2 Å². The third-order valence-corrected chi connectivity index (χ3v) is 5.33. The summed E-state index contributed by atoms with van der Waals surface area (Å²) in [6.45, 7) is 7.23. The van der Waals surface area contributed by atoms with Crippen LogP contribution in [0.3, 0.4) is 0 Å². The van der Waals surface area contributed by atoms with Crippen molar-refractivity contribution in [3.63, 3.8) is 0 Å². The number of amides is 1. The summed E-state index contributed by atoms with van der Waals surface area (Å²) in [6, 6.07) is 9.95. The number of carbonyl (C=O) groups excluding carboxylic acids is 1. The number of hydrogen-bond donors (Lipinski definition) is 0. The fourth-order valence-electron chi connectivity index (χ4n) is 2.66. The Morgan fingerprint density at radius 3 is 2.68 bits per heavy atom. The lowest BCUT2D eigenvalue weighted by atomic mass is 10.2. The van der Waals surface area contributed by atoms with Crippen molar-refractivity contribution in [1.82, 2.24) is 14.9 Å². The number of thiophene rings is 1. The van der Waals surface area contributed by atoms with E-state index in [1.807, 2.05) is 44.2 Å². The van der Waals surface area contributed by atoms with Crippen molar-refractivity contribution >= 4 is 27.5 Å². The third-order valence-electron chi connectivity index (χ3n) is 4.21. The normalized spacial score (nSPS) is 10.8. The molecule has 3 rings (SSSR count). The fraction of sp³-hybridized carbons (Fsp3) is 0.316. The minimum Gasteiger partial charge on any atom is -0.467 e. The lowest BCUT2D eigenvalue weighted by Crippen LogP contribution is -2.34. The van der Waals surface area contributed by atoms with Crippen molar-refractivity contribution in [2.75, 3.05) is 13.2 Å². The van der Waals surface area contributed by atoms with Crippen molar-refractivity contribution < 1.29 is 9.53 Å². The average molecular weight is 355 g/mol. The number of carbonyl (C=O) groups is 1. The molecule has 2 heterocycles. The largest absolute Gasteiger partial charge is 0.467 e. The average Bonchev–Trinajstić information content (AvgIpc) is 2.93. The second-order valence-electron chi connectivity index (χ2n) is 5.82. The van der Waals surface area contributed by atoms with E-state index >= 15 is 0 Å². The molecule has 0 saturated heterocycles. The van der Waals surface area contributed by atoms with Gasteiger partial charge in [0.15, 0.2) is 6.61 Å². The van der Waals surface area contributed by atoms with Crippen LogP contribution in [0, 0.1) is 13.8 Å². The molecule has 0 N–H and O–H groups in total. The predicted octanol–water partition coefficient (Wildman–Crippen LogP) is 3.74. The van der Waals surface area contributed by atoms with Crippen LogP contribution in [-0.4, -0.2) is 33.9 Å². The number of hydrogen-bond acceptors (Lipinski definition) is 5. The molecule has 3 aromatic rings. The van der Waals surface area contributed by atoms with Gasteiger partial charge in [0.2, 0.25) is 5.88 Å². The Morgan fingerprint density at radius 1 is 1.20 bits per heavy atom. The zero-order chi connectivity index (χ0) is 17.8. The number of benzene rings is 1. The van der Waals surface area contributed by atoms with Crippen molar-refractivity contribution in [2.45, 2.75) is 27.3 Å². The Hall–Kier alpha value is -2.47. The molecule has 0 unspecified atom stereocenters. The molecule has 0 aliphatic heterocycles. The highest BCUT2D eigenvalue weighted by molar-refractivity contribution is 7.18. The van der Waals surface area contributed by atoms with Gasteiger partial charge in [0.25, 0.3) is 5.91 Å². The fourth-order valence-corrected chi connectivity index (χ4v) is 3.65. The Balaban J connectivity index is 1.71. The highest BCUT2D eigenvalue weighted by Gasteiger charge is 2.17. The Labute approximate surface area is 151 Å². The molecular formula is C19H21N3O2S. The monoisotopic (exact) mass is 355 g/mol. The minimum absolute atomic E-state index is 0.0267. The van der Waals surface area contributed by atoms with E-state index in [2.05, 4.69) is 16.9 Å². The van der Waals surface area contributed by atoms with E-state index in [1.54, 1.807) is 16.2 Å². The summed E-state index contributed by atoms with van der Waals surface area (Å²) in [7, 11) is 0. The zero-order valence-electron chi connectivity index (χ0n) is 14.7. The summed E-state index contributed by atoms with van der Waals surface area (Å²) in [5.74, 6) is 0.429. The van der Waals surface area contributed by atoms with E-state index in [0.717, 1.165) is 21.3 Å². The van der Waals surface area contributed by atoms with E-state index in [-0.39, 0.29) is 12.5 Å². The van der Waals surface area contributed by atoms with E-state index in [0.29, 0.717) is 19.0 Å². The molecule has 0 aliphatic carbocycles. The highest BCUT2D eigenvalue weighted by atomic mass is 32.1. The minimum atomic E-state index is -0.0530. The van der Waals surface area contributed by atoms with Crippen LogP contribution in [0.4, 0.5) is 0 Å². The van der Waals surface area contributed by atoms with Crippen LogP contribution in [0.2, 0.25) is 0 Å². The smallest absolute Gasteiger partial charge is 0.260 e. The molecule has 130 valence electrons. The van der Waals surface area contributed by atoms with Crippen LogP contribution < -0.4 is 4.74 Å². The van der Waals surface area contributed by atoms with Crippen LogP contribution in [-0.2, 0) is 11.3 Å². The molecular weight excluding hydrogens is 334 g/mol. The first-order valence-corrected chi connectivity index (χ1v) is 9.07. The third kappa shape index (κ3) is 3.79. The van der Waals surface area contributed by atoms with Crippen molar-refractivity contribution in [2.24, 2.45) is 0 Å². The second kappa shape index (κ2) is 7.61. The van der Waals surface area contributed by atoms with Gasteiger partial charge in [-0.25, -0.2) is 9.97 Å². The molecule has 0 aliphatic rings. The number of fused-ring (bicyclic) bond motifs is 1. The summed E-state index contributed by atoms with van der Waals surface area (Å²) in [5, 5.41) is 0.906. The number of ether oxygens (including phenoxy) is 1. The van der Waals surface area contributed by atoms with Crippen molar-refractivity contribution in [3.8, 4) is 5.88 Å². The Kier molecular flexibility index (Phi) is 5.28. The molecule has 0 bridgehead atoms. The van der Waals surface area contributed by atoms with Crippen LogP contribution in [0.25, 0.3) is 10.2 Å². The molecule has 0 atom stereocenters. The molecule has 0 fully saturated rings. The van der Waals surface area contributed by atoms with Crippen LogP contribution in [0.15, 0.2) is 36.7 Å². The molecule has 1 aromatic carbocycles. The molecule has 1 amide bonds. The maximum Gasteiger partial charge on any atom is 0.260 e. The lowest BCUT2D eigenvalue weighted by Gasteiger charge is -2.21. The molecule has 6 heteroatoms. The molecule has 2 aromatic heterocycles. The molecule has 0 saturated carbocycles. The number of rotatable bonds is 6. The maximum atomic E-state index is 12.5. The van der Waals surface area contributed by atoms with Gasteiger partial charge in [-0.1, -0.05) is 30.3 Å². The van der Waals surface area contributed by atoms with Crippen LogP contribution >= 0.6 is 11.3 Å². The number of likely N-dealkylation sites (N-methyl/N-ethyl adjacent to an activating group) is 1. The standard InChI is InChI=1S/C19H21N3O2S/c1-4-22(10-15-8-6-5-7-9-15)16(23)11-24-18-17-13(2)14(3)25-19(17)21-12-20-18/h5-9,12H,4,10-11H2,1-3H3. The predicted molar refractivity (Wildman–Crippen MR) is 99.9 cm³/mol. The molecule has 5 nitrogen and oxygen atoms in total. The summed E-state index contributed by atoms with van der Waals surface area (Å²) in [5.41, 5.74) is 2.21. The summed E-state index contributed by atoms with van der Waals surface area (Å²) >= 11 is 1.61. The van der Waals surface area contributed by atoms with E-state index < -0.39 is 0 Å². The number of aryl methyl sites for hydroxylation is 2. The first-order chi connectivity index (χ1) is 12.1. The summed E-state index contributed by atoms with van der Waals surface area (Å²) < 4.78 is 5.76. The zero-order valence-corrected chi connectivity index (χ0v) is 15.5. The molecule has 0 radical (unpaired) electrons. The second-order valence-corrected chi connectivity index (χ2v) is 7.03. The first kappa shape index (κ1) is 17.4. The number of nitrogens with zero attached hydrogens (tertiary/aromatic N) is 3. The van der Waals surface area contributed by atoms with Crippen molar-refractivity contribution in [1.29, 1.82) is 0 Å². The summed E-state index contributed by atoms with van der Waals surface area (Å²) in [6.07, 6.45) is 1.49. The first-order valence-electron chi connectivity index (χ1n) is 8.25. The van der Waals surface area contributed by atoms with Gasteiger partial charge >= 0.3 is 0 Å². The van der Waals surface area contributed by atoms with Gasteiger partial charge in [-0.3, -0.25) is 4.79 Å². The Bertz CT molecular complexity index is 877. The maximum absolute atomic E-state index is 12.5. The quantitative estimate of drug-likeness (QED) is 0.676. The number of aromatic nitrogens is 2. The van der Waals surface area contributed by atoms with Gasteiger partial charge in [-0.05, 0) is 31.9 Å². The van der Waals surface area contributed by atoms with Gasteiger partial charge in [-0.2, -0.15) is 0 Å². The van der Waals surface area contributed by atoms with E-state index in [4.69, 9.17) is 4.74 Å². The van der Waals surface area contributed by atoms with Gasteiger partial charge in [0, 0.05) is 18.0 Å². The van der Waals surface area contributed by atoms with Crippen LogP contribution in [0.1, 0.15) is 22.9 Å². The van der Waals surface area contributed by atoms with Crippen molar-refractivity contribution in [3.05, 3.63) is 52.7 Å². The molecule has 0 spiro atoms. The molecule has 25 heavy (non-hydrogen) atoms.